The summed E-state index contributed by atoms with van der Waals surface area (Å²) >= 11 is 0. The van der Waals surface area contributed by atoms with Crippen LogP contribution in [0.3, 0.4) is 0 Å². The Hall–Kier alpha value is -2.58. The second-order valence-corrected chi connectivity index (χ2v) is 11.0. The summed E-state index contributed by atoms with van der Waals surface area (Å²) in [6, 6.07) is 23.9. The number of hydrogen-bond acceptors (Lipinski definition) is 4. The van der Waals surface area contributed by atoms with Crippen LogP contribution in [0.25, 0.3) is 11.1 Å². The van der Waals surface area contributed by atoms with Crippen molar-refractivity contribution in [2.45, 2.75) is 35.7 Å². The highest BCUT2D eigenvalue weighted by Crippen LogP contribution is 2.43. The average Bonchev–Trinajstić information content (AvgIpc) is 2.84. The minimum absolute atomic E-state index is 0.00578. The Bertz CT molecular complexity index is 1230. The van der Waals surface area contributed by atoms with Gasteiger partial charge >= 0.3 is 0 Å². The van der Waals surface area contributed by atoms with Gasteiger partial charge in [0.2, 0.25) is 10.0 Å². The molecule has 3 aromatic carbocycles. The van der Waals surface area contributed by atoms with E-state index in [0.717, 1.165) is 29.7 Å². The molecule has 0 aromatic heterocycles. The predicted octanol–water partition coefficient (Wildman–Crippen LogP) is 4.11. The van der Waals surface area contributed by atoms with Crippen molar-refractivity contribution in [1.82, 2.24) is 9.21 Å². The van der Waals surface area contributed by atoms with E-state index in [0.29, 0.717) is 13.0 Å². The summed E-state index contributed by atoms with van der Waals surface area (Å²) in [7, 11) is -3.96. The van der Waals surface area contributed by atoms with Crippen LogP contribution in [0.5, 0.6) is 0 Å². The monoisotopic (exact) mass is 480 g/mol. The summed E-state index contributed by atoms with van der Waals surface area (Å²) in [4.78, 5) is 1.95. The van der Waals surface area contributed by atoms with Gasteiger partial charge in [0.15, 0.2) is 0 Å². The summed E-state index contributed by atoms with van der Waals surface area (Å²) in [6.07, 6.45) is 1.53. The first kappa shape index (κ1) is 23.2. The van der Waals surface area contributed by atoms with Crippen molar-refractivity contribution in [3.63, 3.8) is 0 Å². The lowest BCUT2D eigenvalue weighted by Gasteiger charge is -2.57. The van der Waals surface area contributed by atoms with E-state index in [2.05, 4.69) is 41.3 Å². The van der Waals surface area contributed by atoms with Gasteiger partial charge < -0.3 is 5.11 Å². The summed E-state index contributed by atoms with van der Waals surface area (Å²) < 4.78 is 42.6. The zero-order valence-corrected chi connectivity index (χ0v) is 19.7. The zero-order valence-electron chi connectivity index (χ0n) is 18.9. The van der Waals surface area contributed by atoms with E-state index in [4.69, 9.17) is 0 Å². The van der Waals surface area contributed by atoms with Crippen LogP contribution in [-0.2, 0) is 10.0 Å². The molecule has 178 valence electrons. The molecule has 0 radical (unpaired) electrons. The molecule has 0 bridgehead atoms. The van der Waals surface area contributed by atoms with E-state index in [1.807, 2.05) is 18.2 Å². The summed E-state index contributed by atoms with van der Waals surface area (Å²) in [6.45, 7) is 1.48. The minimum Gasteiger partial charge on any atom is -0.395 e. The van der Waals surface area contributed by atoms with Crippen molar-refractivity contribution >= 4 is 10.0 Å². The Kier molecular flexibility index (Phi) is 6.53. The number of sulfonamides is 1. The maximum absolute atomic E-state index is 14.4. The fourth-order valence-corrected chi connectivity index (χ4v) is 7.01. The summed E-state index contributed by atoms with van der Waals surface area (Å²) in [5, 5.41) is 10.2. The fourth-order valence-electron chi connectivity index (χ4n) is 5.45. The van der Waals surface area contributed by atoms with E-state index in [1.54, 1.807) is 6.07 Å². The van der Waals surface area contributed by atoms with Crippen molar-refractivity contribution in [3.8, 4) is 11.1 Å². The van der Waals surface area contributed by atoms with E-state index >= 15 is 0 Å². The van der Waals surface area contributed by atoms with Crippen molar-refractivity contribution in [2.24, 2.45) is 0 Å². The highest BCUT2D eigenvalue weighted by Gasteiger charge is 2.50. The van der Waals surface area contributed by atoms with Crippen LogP contribution in [0, 0.1) is 5.82 Å². The van der Waals surface area contributed by atoms with Crippen LogP contribution in [0.15, 0.2) is 83.8 Å². The average molecular weight is 481 g/mol. The molecule has 0 spiro atoms. The van der Waals surface area contributed by atoms with Gasteiger partial charge in [-0.3, -0.25) is 4.90 Å². The number of nitrogens with zero attached hydrogens (tertiary/aromatic N) is 2. The molecule has 0 aliphatic carbocycles. The third kappa shape index (κ3) is 4.18. The third-order valence-electron chi connectivity index (χ3n) is 7.19. The van der Waals surface area contributed by atoms with Gasteiger partial charge in [-0.1, -0.05) is 66.7 Å². The Balaban J connectivity index is 1.44. The normalized spacial score (nSPS) is 24.0. The maximum atomic E-state index is 14.4. The molecule has 2 heterocycles. The van der Waals surface area contributed by atoms with Gasteiger partial charge in [-0.25, -0.2) is 12.8 Å². The lowest BCUT2D eigenvalue weighted by Crippen LogP contribution is -2.67. The van der Waals surface area contributed by atoms with Crippen LogP contribution in [0.4, 0.5) is 4.39 Å². The number of aliphatic hydroxyl groups excluding tert-OH is 1. The minimum atomic E-state index is -3.96. The first-order valence-corrected chi connectivity index (χ1v) is 13.2. The molecule has 5 rings (SSSR count). The molecule has 0 unspecified atom stereocenters. The molecule has 7 heteroatoms. The van der Waals surface area contributed by atoms with Crippen molar-refractivity contribution in [1.29, 1.82) is 0 Å². The topological polar surface area (TPSA) is 60.9 Å². The molecule has 1 N–H and O–H groups in total. The summed E-state index contributed by atoms with van der Waals surface area (Å²) in [5.74, 6) is -0.720. The van der Waals surface area contributed by atoms with Crippen molar-refractivity contribution in [2.75, 3.05) is 26.2 Å². The number of hydrogen-bond donors (Lipinski definition) is 1. The van der Waals surface area contributed by atoms with Crippen LogP contribution in [-0.4, -0.2) is 61.1 Å². The largest absolute Gasteiger partial charge is 0.395 e. The highest BCUT2D eigenvalue weighted by molar-refractivity contribution is 7.89. The van der Waals surface area contributed by atoms with Gasteiger partial charge in [-0.15, -0.1) is 0 Å². The molecule has 3 atom stereocenters. The first-order valence-electron chi connectivity index (χ1n) is 11.8. The molecule has 2 aliphatic heterocycles. The molecular formula is C27H29FN2O3S. The molecule has 2 saturated heterocycles. The van der Waals surface area contributed by atoms with E-state index < -0.39 is 15.8 Å². The highest BCUT2D eigenvalue weighted by atomic mass is 32.2. The lowest BCUT2D eigenvalue weighted by molar-refractivity contribution is -0.0554. The van der Waals surface area contributed by atoms with Gasteiger partial charge in [-0.2, -0.15) is 4.31 Å². The van der Waals surface area contributed by atoms with Gasteiger partial charge in [0.1, 0.15) is 10.7 Å². The van der Waals surface area contributed by atoms with Gasteiger partial charge in [-0.05, 0) is 48.2 Å². The van der Waals surface area contributed by atoms with Crippen LogP contribution in [0.2, 0.25) is 0 Å². The zero-order chi connectivity index (χ0) is 23.7. The number of fused-ring (bicyclic) bond motifs is 1. The van der Waals surface area contributed by atoms with E-state index in [1.165, 1.54) is 22.5 Å². The number of rotatable bonds is 5. The van der Waals surface area contributed by atoms with Crippen LogP contribution >= 0.6 is 0 Å². The Morgan fingerprint density at radius 3 is 2.21 bits per heavy atom. The quantitative estimate of drug-likeness (QED) is 0.597. The second-order valence-electron chi connectivity index (χ2n) is 9.07. The number of halogens is 1. The molecule has 2 aliphatic rings. The van der Waals surface area contributed by atoms with Crippen molar-refractivity contribution < 1.29 is 17.9 Å². The van der Waals surface area contributed by atoms with Gasteiger partial charge in [0.25, 0.3) is 0 Å². The second kappa shape index (κ2) is 9.58. The van der Waals surface area contributed by atoms with Gasteiger partial charge in [0, 0.05) is 31.1 Å². The Morgan fingerprint density at radius 1 is 0.853 bits per heavy atom. The molecule has 0 saturated carbocycles. The van der Waals surface area contributed by atoms with Crippen LogP contribution in [0.1, 0.15) is 24.3 Å². The smallest absolute Gasteiger partial charge is 0.246 e. The van der Waals surface area contributed by atoms with E-state index in [9.17, 15) is 17.9 Å². The van der Waals surface area contributed by atoms with E-state index in [-0.39, 0.29) is 36.0 Å². The number of aliphatic hydroxyl groups is 1. The third-order valence-corrected chi connectivity index (χ3v) is 9.09. The maximum Gasteiger partial charge on any atom is 0.246 e. The Labute approximate surface area is 200 Å². The first-order chi connectivity index (χ1) is 16.5. The predicted molar refractivity (Wildman–Crippen MR) is 130 cm³/mol. The molecule has 2 fully saturated rings. The lowest BCUT2D eigenvalue weighted by atomic mass is 9.74. The molecule has 5 nitrogen and oxygen atoms in total. The molecule has 3 aromatic rings. The molecule has 34 heavy (non-hydrogen) atoms. The van der Waals surface area contributed by atoms with Crippen LogP contribution < -0.4 is 0 Å². The standard InChI is InChI=1S/C27H29FN2O3S/c28-23-10-4-5-11-26(23)34(32,33)29-16-6-7-17-30-24(18-29)27(25(30)19-31)22-14-12-21(13-15-22)20-8-2-1-3-9-20/h1-5,8-15,24-25,27,31H,6-7,16-19H2/t24-,25-,27-/m1/s1. The van der Waals surface area contributed by atoms with Crippen molar-refractivity contribution in [3.05, 3.63) is 90.2 Å². The Morgan fingerprint density at radius 2 is 1.50 bits per heavy atom. The summed E-state index contributed by atoms with van der Waals surface area (Å²) in [5.41, 5.74) is 3.34. The van der Waals surface area contributed by atoms with Gasteiger partial charge in [0.05, 0.1) is 6.61 Å². The molecular weight excluding hydrogens is 451 g/mol. The fraction of sp³-hybridized carbons (Fsp3) is 0.333. The molecule has 0 amide bonds. The number of benzene rings is 3. The SMILES string of the molecule is O=S(=O)(c1ccccc1F)N1CCCCN2[C@H](CO)[C@H](c3ccc(-c4ccccc4)cc3)[C@H]2C1.